The molecule has 0 unspecified atom stereocenters. The molecule has 136 valence electrons. The molecule has 3 amide bonds. The Morgan fingerprint density at radius 3 is 2.24 bits per heavy atom. The van der Waals surface area contributed by atoms with Crippen LogP contribution in [0.5, 0.6) is 0 Å². The van der Waals surface area contributed by atoms with E-state index in [0.717, 1.165) is 5.56 Å². The second kappa shape index (κ2) is 11.5. The number of amides is 3. The van der Waals surface area contributed by atoms with Crippen molar-refractivity contribution in [1.29, 1.82) is 0 Å². The first kappa shape index (κ1) is 21.0. The van der Waals surface area contributed by atoms with Gasteiger partial charge in [0.15, 0.2) is 0 Å². The lowest BCUT2D eigenvalue weighted by Crippen LogP contribution is -2.51. The summed E-state index contributed by atoms with van der Waals surface area (Å²) in [5.41, 5.74) is 0.865. The van der Waals surface area contributed by atoms with Crippen molar-refractivity contribution in [3.05, 3.63) is 35.9 Å². The Hall–Kier alpha value is -2.01. The largest absolute Gasteiger partial charge is 0.347 e. The number of halogens is 1. The second-order valence-corrected chi connectivity index (χ2v) is 6.08. The van der Waals surface area contributed by atoms with Crippen LogP contribution in [0.4, 0.5) is 0 Å². The van der Waals surface area contributed by atoms with E-state index in [1.807, 2.05) is 53.2 Å². The van der Waals surface area contributed by atoms with Gasteiger partial charge in [0.1, 0.15) is 11.8 Å². The Bertz CT molecular complexity index is 609. The number of nitrogens with one attached hydrogen (secondary N) is 4. The molecule has 0 aliphatic heterocycles. The maximum atomic E-state index is 12.3. The fraction of sp³-hybridized carbons (Fsp3) is 0.375. The zero-order chi connectivity index (χ0) is 18.7. The first-order valence-corrected chi connectivity index (χ1v) is 8.71. The minimum Gasteiger partial charge on any atom is -0.347 e. The van der Waals surface area contributed by atoms with E-state index < -0.39 is 17.9 Å². The van der Waals surface area contributed by atoms with E-state index in [1.165, 1.54) is 6.92 Å². The molecule has 1 aromatic rings. The molecule has 0 aliphatic rings. The molecule has 9 heteroatoms. The topological polar surface area (TPSA) is 116 Å². The molecule has 1 atom stereocenters. The van der Waals surface area contributed by atoms with Crippen molar-refractivity contribution >= 4 is 46.4 Å². The summed E-state index contributed by atoms with van der Waals surface area (Å²) in [6, 6.07) is 8.35. The smallest absolute Gasteiger partial charge is 0.243 e. The Labute approximate surface area is 160 Å². The van der Waals surface area contributed by atoms with Crippen LogP contribution in [0.3, 0.4) is 0 Å². The molecule has 1 aromatic carbocycles. The van der Waals surface area contributed by atoms with E-state index in [2.05, 4.69) is 19.5 Å². The lowest BCUT2D eigenvalue weighted by molar-refractivity contribution is -0.130. The summed E-state index contributed by atoms with van der Waals surface area (Å²) in [6.07, 6.45) is 0.277. The Balaban J connectivity index is 2.66. The van der Waals surface area contributed by atoms with Crippen LogP contribution < -0.4 is 19.5 Å². The fourth-order valence-corrected chi connectivity index (χ4v) is 2.29. The van der Waals surface area contributed by atoms with Gasteiger partial charge < -0.3 is 16.0 Å². The van der Waals surface area contributed by atoms with E-state index in [4.69, 9.17) is 0 Å². The van der Waals surface area contributed by atoms with Crippen LogP contribution in [-0.4, -0.2) is 49.2 Å². The minimum atomic E-state index is -0.839. The van der Waals surface area contributed by atoms with Crippen molar-refractivity contribution < 1.29 is 19.2 Å². The maximum absolute atomic E-state index is 12.3. The van der Waals surface area contributed by atoms with Gasteiger partial charge in [0.2, 0.25) is 17.7 Å². The molecule has 0 aromatic heterocycles. The fourth-order valence-electron chi connectivity index (χ4n) is 1.94. The predicted molar refractivity (Wildman–Crippen MR) is 101 cm³/mol. The Morgan fingerprint density at radius 1 is 0.960 bits per heavy atom. The van der Waals surface area contributed by atoms with Crippen molar-refractivity contribution in [3.8, 4) is 0 Å². The summed E-state index contributed by atoms with van der Waals surface area (Å²) in [7, 11) is 0. The standard InChI is InChI=1S/C16H21IN4O4/c1-11(22)8-19-16(25)13(7-12-5-3-2-4-6-12)21-15(24)9-18-14(23)10-20-17/h2-6,13,20H,7-10H2,1H3,(H,18,23)(H,19,25)(H,21,24)/t13-/m0/s1. The molecule has 0 bridgehead atoms. The average Bonchev–Trinajstić information content (AvgIpc) is 2.58. The number of Topliss-reactive ketones (excluding diaryl/α,β-unsaturated/α-hetero) is 1. The van der Waals surface area contributed by atoms with Gasteiger partial charge in [0.05, 0.1) is 19.6 Å². The number of carbonyl (C=O) groups is 4. The molecule has 0 spiro atoms. The number of rotatable bonds is 10. The van der Waals surface area contributed by atoms with Crippen molar-refractivity contribution in [2.45, 2.75) is 19.4 Å². The number of benzene rings is 1. The zero-order valence-corrected chi connectivity index (χ0v) is 16.0. The number of ketones is 1. The summed E-state index contributed by atoms with van der Waals surface area (Å²) in [4.78, 5) is 46.6. The lowest BCUT2D eigenvalue weighted by atomic mass is 10.1. The lowest BCUT2D eigenvalue weighted by Gasteiger charge is -2.18. The van der Waals surface area contributed by atoms with E-state index in [0.29, 0.717) is 0 Å². The van der Waals surface area contributed by atoms with E-state index in [9.17, 15) is 19.2 Å². The quantitative estimate of drug-likeness (QED) is 0.277. The van der Waals surface area contributed by atoms with Gasteiger partial charge in [-0.1, -0.05) is 30.3 Å². The molecule has 0 aliphatic carbocycles. The molecular weight excluding hydrogens is 439 g/mol. The SMILES string of the molecule is CC(=O)CNC(=O)[C@H](Cc1ccccc1)NC(=O)CNC(=O)CNI. The highest BCUT2D eigenvalue weighted by molar-refractivity contribution is 14.1. The van der Waals surface area contributed by atoms with Gasteiger partial charge in [-0.15, -0.1) is 0 Å². The van der Waals surface area contributed by atoms with Crippen molar-refractivity contribution in [2.75, 3.05) is 19.6 Å². The molecule has 1 rings (SSSR count). The molecular formula is C16H21IN4O4. The van der Waals surface area contributed by atoms with Crippen LogP contribution in [0.1, 0.15) is 12.5 Å². The third-order valence-electron chi connectivity index (χ3n) is 3.12. The third kappa shape index (κ3) is 9.15. The van der Waals surface area contributed by atoms with E-state index >= 15 is 0 Å². The molecule has 0 saturated heterocycles. The zero-order valence-electron chi connectivity index (χ0n) is 13.8. The van der Waals surface area contributed by atoms with Gasteiger partial charge in [-0.3, -0.25) is 22.7 Å². The molecule has 8 nitrogen and oxygen atoms in total. The summed E-state index contributed by atoms with van der Waals surface area (Å²) in [6.45, 7) is 1.11. The molecule has 0 saturated carbocycles. The van der Waals surface area contributed by atoms with E-state index in [-0.39, 0.29) is 37.7 Å². The van der Waals surface area contributed by atoms with Gasteiger partial charge in [-0.2, -0.15) is 0 Å². The first-order valence-electron chi connectivity index (χ1n) is 7.63. The summed E-state index contributed by atoms with van der Waals surface area (Å²) in [5, 5.41) is 7.52. The van der Waals surface area contributed by atoms with Crippen molar-refractivity contribution in [3.63, 3.8) is 0 Å². The normalized spacial score (nSPS) is 11.3. The number of hydrogen-bond acceptors (Lipinski definition) is 5. The Morgan fingerprint density at radius 2 is 1.64 bits per heavy atom. The molecule has 0 heterocycles. The average molecular weight is 460 g/mol. The first-order chi connectivity index (χ1) is 11.9. The van der Waals surface area contributed by atoms with Crippen molar-refractivity contribution in [1.82, 2.24) is 19.5 Å². The summed E-state index contributed by atoms with van der Waals surface area (Å²) >= 11 is 1.82. The molecule has 0 radical (unpaired) electrons. The highest BCUT2D eigenvalue weighted by Crippen LogP contribution is 2.03. The highest BCUT2D eigenvalue weighted by atomic mass is 127. The molecule has 4 N–H and O–H groups in total. The van der Waals surface area contributed by atoms with Gasteiger partial charge in [0.25, 0.3) is 0 Å². The summed E-state index contributed by atoms with van der Waals surface area (Å²) in [5.74, 6) is -1.45. The Kier molecular flexibility index (Phi) is 9.70. The highest BCUT2D eigenvalue weighted by Gasteiger charge is 2.21. The second-order valence-electron chi connectivity index (χ2n) is 5.32. The van der Waals surface area contributed by atoms with Crippen LogP contribution in [0.15, 0.2) is 30.3 Å². The monoisotopic (exact) mass is 460 g/mol. The number of hydrogen-bond donors (Lipinski definition) is 4. The maximum Gasteiger partial charge on any atom is 0.243 e. The third-order valence-corrected chi connectivity index (χ3v) is 3.50. The van der Waals surface area contributed by atoms with E-state index in [1.54, 1.807) is 0 Å². The number of carbonyl (C=O) groups excluding carboxylic acids is 4. The minimum absolute atomic E-state index is 0.0837. The van der Waals surface area contributed by atoms with Gasteiger partial charge in [-0.25, -0.2) is 0 Å². The van der Waals surface area contributed by atoms with Crippen LogP contribution in [0, 0.1) is 0 Å². The van der Waals surface area contributed by atoms with Gasteiger partial charge in [-0.05, 0) is 12.5 Å². The van der Waals surface area contributed by atoms with Gasteiger partial charge >= 0.3 is 0 Å². The van der Waals surface area contributed by atoms with Crippen LogP contribution in [0.2, 0.25) is 0 Å². The van der Waals surface area contributed by atoms with Crippen molar-refractivity contribution in [2.24, 2.45) is 0 Å². The molecule has 0 fully saturated rings. The molecule has 25 heavy (non-hydrogen) atoms. The summed E-state index contributed by atoms with van der Waals surface area (Å²) < 4.78 is 2.64. The predicted octanol–water partition coefficient (Wildman–Crippen LogP) is -0.525. The van der Waals surface area contributed by atoms with Crippen LogP contribution >= 0.6 is 22.9 Å². The van der Waals surface area contributed by atoms with Gasteiger partial charge in [0, 0.05) is 29.3 Å². The van der Waals surface area contributed by atoms with Crippen LogP contribution in [0.25, 0.3) is 0 Å². The van der Waals surface area contributed by atoms with Crippen LogP contribution in [-0.2, 0) is 25.6 Å².